The third-order valence-corrected chi connectivity index (χ3v) is 5.30. The molecule has 2 atom stereocenters. The van der Waals surface area contributed by atoms with Crippen LogP contribution in [0.1, 0.15) is 17.9 Å². The summed E-state index contributed by atoms with van der Waals surface area (Å²) in [6, 6.07) is 3.69. The second-order valence-electron chi connectivity index (χ2n) is 7.06. The minimum atomic E-state index is -0.839. The predicted octanol–water partition coefficient (Wildman–Crippen LogP) is 0.346. The zero-order chi connectivity index (χ0) is 17.8. The number of aromatic nitrogens is 1. The highest BCUT2D eigenvalue weighted by atomic mass is 16.4. The van der Waals surface area contributed by atoms with Gasteiger partial charge in [-0.3, -0.25) is 19.5 Å². The quantitative estimate of drug-likeness (QED) is 0.848. The van der Waals surface area contributed by atoms with Crippen molar-refractivity contribution in [2.24, 2.45) is 5.92 Å². The Balaban J connectivity index is 1.64. The molecule has 1 amide bonds. The molecule has 7 nitrogen and oxygen atoms in total. The summed E-state index contributed by atoms with van der Waals surface area (Å²) in [5.41, 5.74) is 0.939. The van der Waals surface area contributed by atoms with Crippen LogP contribution in [-0.2, 0) is 9.59 Å². The molecule has 136 valence electrons. The van der Waals surface area contributed by atoms with Crippen molar-refractivity contribution in [3.63, 3.8) is 0 Å². The fourth-order valence-corrected chi connectivity index (χ4v) is 3.76. The van der Waals surface area contributed by atoms with Crippen LogP contribution in [0.4, 0.5) is 0 Å². The first-order valence-corrected chi connectivity index (χ1v) is 8.86. The number of carbonyl (C=O) groups is 2. The molecule has 0 bridgehead atoms. The van der Waals surface area contributed by atoms with Gasteiger partial charge in [0.05, 0.1) is 12.5 Å². The van der Waals surface area contributed by atoms with E-state index in [9.17, 15) is 14.7 Å². The van der Waals surface area contributed by atoms with Crippen LogP contribution in [-0.4, -0.2) is 89.5 Å². The number of rotatable bonds is 4. The third-order valence-electron chi connectivity index (χ3n) is 5.30. The summed E-state index contributed by atoms with van der Waals surface area (Å²) < 4.78 is 0. The van der Waals surface area contributed by atoms with E-state index in [1.54, 1.807) is 17.3 Å². The van der Waals surface area contributed by atoms with Gasteiger partial charge in [0.1, 0.15) is 0 Å². The number of hydrogen-bond donors (Lipinski definition) is 1. The predicted molar refractivity (Wildman–Crippen MR) is 93.2 cm³/mol. The van der Waals surface area contributed by atoms with Gasteiger partial charge in [-0.05, 0) is 44.3 Å². The van der Waals surface area contributed by atoms with E-state index in [4.69, 9.17) is 0 Å². The second-order valence-corrected chi connectivity index (χ2v) is 7.06. The Bertz CT molecular complexity index is 610. The lowest BCUT2D eigenvalue weighted by atomic mass is 9.90. The molecule has 7 heteroatoms. The fraction of sp³-hybridized carbons (Fsp3) is 0.611. The molecule has 0 spiro atoms. The van der Waals surface area contributed by atoms with Gasteiger partial charge < -0.3 is 14.9 Å². The summed E-state index contributed by atoms with van der Waals surface area (Å²) in [5.74, 6) is -1.53. The minimum absolute atomic E-state index is 0.0346. The molecule has 1 aromatic rings. The molecule has 1 N–H and O–H groups in total. The summed E-state index contributed by atoms with van der Waals surface area (Å²) in [6.07, 6.45) is 4.40. The lowest BCUT2D eigenvalue weighted by Crippen LogP contribution is -2.41. The number of hydrogen-bond acceptors (Lipinski definition) is 5. The van der Waals surface area contributed by atoms with Crippen LogP contribution in [0.2, 0.25) is 0 Å². The van der Waals surface area contributed by atoms with Gasteiger partial charge in [0, 0.05) is 44.5 Å². The molecule has 2 fully saturated rings. The van der Waals surface area contributed by atoms with Crippen LogP contribution in [0.5, 0.6) is 0 Å². The molecule has 3 rings (SSSR count). The molecule has 2 aliphatic rings. The van der Waals surface area contributed by atoms with Crippen molar-refractivity contribution in [3.8, 4) is 0 Å². The topological polar surface area (TPSA) is 77.0 Å². The number of aliphatic carboxylic acids is 1. The van der Waals surface area contributed by atoms with Crippen LogP contribution in [0.25, 0.3) is 0 Å². The molecule has 2 aliphatic heterocycles. The van der Waals surface area contributed by atoms with Crippen molar-refractivity contribution in [2.75, 3.05) is 52.9 Å². The molecular formula is C18H26N4O3. The zero-order valence-corrected chi connectivity index (χ0v) is 14.7. The van der Waals surface area contributed by atoms with E-state index in [2.05, 4.69) is 21.8 Å². The van der Waals surface area contributed by atoms with Gasteiger partial charge in [-0.2, -0.15) is 0 Å². The molecule has 0 aliphatic carbocycles. The van der Waals surface area contributed by atoms with E-state index in [-0.39, 0.29) is 18.4 Å². The second kappa shape index (κ2) is 7.93. The first kappa shape index (κ1) is 17.8. The number of pyridine rings is 1. The largest absolute Gasteiger partial charge is 0.481 e. The van der Waals surface area contributed by atoms with Gasteiger partial charge in [0.15, 0.2) is 0 Å². The van der Waals surface area contributed by atoms with E-state index < -0.39 is 11.9 Å². The molecule has 25 heavy (non-hydrogen) atoms. The van der Waals surface area contributed by atoms with Crippen LogP contribution in [0.3, 0.4) is 0 Å². The smallest absolute Gasteiger partial charge is 0.308 e. The minimum Gasteiger partial charge on any atom is -0.481 e. The monoisotopic (exact) mass is 346 g/mol. The molecule has 2 saturated heterocycles. The Kier molecular flexibility index (Phi) is 5.65. The zero-order valence-electron chi connectivity index (χ0n) is 14.7. The Morgan fingerprint density at radius 3 is 2.64 bits per heavy atom. The molecular weight excluding hydrogens is 320 g/mol. The van der Waals surface area contributed by atoms with E-state index in [1.165, 1.54) is 0 Å². The van der Waals surface area contributed by atoms with E-state index in [0.29, 0.717) is 13.1 Å². The van der Waals surface area contributed by atoms with Crippen LogP contribution >= 0.6 is 0 Å². The summed E-state index contributed by atoms with van der Waals surface area (Å²) in [5, 5.41) is 9.56. The summed E-state index contributed by atoms with van der Waals surface area (Å²) in [6.45, 7) is 4.95. The standard InChI is InChI=1S/C18H26N4O3/c1-20-7-2-8-21(10-9-20)13-17(23)22-11-15(16(12-22)18(24)25)14-3-5-19-6-4-14/h3-6,15-16H,2,7-13H2,1H3,(H,24,25)/t15-,16+/m1/s1. The maximum Gasteiger partial charge on any atom is 0.308 e. The van der Waals surface area contributed by atoms with Crippen molar-refractivity contribution >= 4 is 11.9 Å². The van der Waals surface area contributed by atoms with Gasteiger partial charge in [0.25, 0.3) is 0 Å². The molecule has 0 saturated carbocycles. The highest BCUT2D eigenvalue weighted by Gasteiger charge is 2.40. The molecule has 3 heterocycles. The number of nitrogens with zero attached hydrogens (tertiary/aromatic N) is 4. The summed E-state index contributed by atoms with van der Waals surface area (Å²) >= 11 is 0. The molecule has 1 aromatic heterocycles. The highest BCUT2D eigenvalue weighted by Crippen LogP contribution is 2.32. The Labute approximate surface area is 148 Å². The number of likely N-dealkylation sites (N-methyl/N-ethyl adjacent to an activating group) is 1. The van der Waals surface area contributed by atoms with Gasteiger partial charge in [-0.25, -0.2) is 0 Å². The van der Waals surface area contributed by atoms with Crippen LogP contribution in [0.15, 0.2) is 24.5 Å². The van der Waals surface area contributed by atoms with E-state index in [0.717, 1.165) is 38.2 Å². The maximum atomic E-state index is 12.7. The van der Waals surface area contributed by atoms with Crippen molar-refractivity contribution in [1.29, 1.82) is 0 Å². The normalized spacial score (nSPS) is 25.7. The summed E-state index contributed by atoms with van der Waals surface area (Å²) in [4.78, 5) is 34.5. The van der Waals surface area contributed by atoms with Gasteiger partial charge >= 0.3 is 5.97 Å². The molecule has 0 aromatic carbocycles. The summed E-state index contributed by atoms with van der Waals surface area (Å²) in [7, 11) is 2.10. The SMILES string of the molecule is CN1CCCN(CC(=O)N2C[C@H](C(=O)O)[C@@H](c3ccncc3)C2)CC1. The lowest BCUT2D eigenvalue weighted by Gasteiger charge is -2.23. The third kappa shape index (κ3) is 4.35. The van der Waals surface area contributed by atoms with E-state index in [1.807, 2.05) is 12.1 Å². The fourth-order valence-electron chi connectivity index (χ4n) is 3.76. The molecule has 0 radical (unpaired) electrons. The number of carbonyl (C=O) groups excluding carboxylic acids is 1. The van der Waals surface area contributed by atoms with Gasteiger partial charge in [0.2, 0.25) is 5.91 Å². The van der Waals surface area contributed by atoms with Crippen molar-refractivity contribution in [1.82, 2.24) is 19.7 Å². The van der Waals surface area contributed by atoms with Crippen LogP contribution < -0.4 is 0 Å². The first-order valence-electron chi connectivity index (χ1n) is 8.86. The lowest BCUT2D eigenvalue weighted by molar-refractivity contribution is -0.141. The number of carboxylic acid groups (broad SMARTS) is 1. The van der Waals surface area contributed by atoms with Gasteiger partial charge in [-0.15, -0.1) is 0 Å². The Morgan fingerprint density at radius 1 is 1.16 bits per heavy atom. The average Bonchev–Trinajstić information content (AvgIpc) is 2.96. The Hall–Kier alpha value is -1.99. The van der Waals surface area contributed by atoms with Crippen molar-refractivity contribution in [3.05, 3.63) is 30.1 Å². The number of carboxylic acids is 1. The van der Waals surface area contributed by atoms with Gasteiger partial charge in [-0.1, -0.05) is 0 Å². The maximum absolute atomic E-state index is 12.7. The van der Waals surface area contributed by atoms with Crippen molar-refractivity contribution in [2.45, 2.75) is 12.3 Å². The number of amides is 1. The van der Waals surface area contributed by atoms with Crippen molar-refractivity contribution < 1.29 is 14.7 Å². The van der Waals surface area contributed by atoms with E-state index >= 15 is 0 Å². The number of likely N-dealkylation sites (tertiary alicyclic amines) is 1. The average molecular weight is 346 g/mol. The first-order chi connectivity index (χ1) is 12.0. The Morgan fingerprint density at radius 2 is 1.92 bits per heavy atom. The molecule has 0 unspecified atom stereocenters. The highest BCUT2D eigenvalue weighted by molar-refractivity contribution is 5.81. The van der Waals surface area contributed by atoms with Crippen LogP contribution in [0, 0.1) is 5.92 Å².